The normalized spacial score (nSPS) is 9.40. The largest absolute Gasteiger partial charge is 0.143 e. The molecule has 0 spiro atoms. The summed E-state index contributed by atoms with van der Waals surface area (Å²) in [5.74, 6) is 0. The number of hydrogen-bond donors (Lipinski definition) is 1. The van der Waals surface area contributed by atoms with Crippen molar-refractivity contribution in [2.24, 2.45) is 0 Å². The lowest BCUT2D eigenvalue weighted by Crippen LogP contribution is -1.76. The van der Waals surface area contributed by atoms with Crippen molar-refractivity contribution in [2.45, 2.75) is 11.8 Å². The third-order valence-corrected chi connectivity index (χ3v) is 1.95. The third kappa shape index (κ3) is 1.42. The van der Waals surface area contributed by atoms with Crippen LogP contribution < -0.4 is 0 Å². The number of hydrogen-bond acceptors (Lipinski definition) is 1. The summed E-state index contributed by atoms with van der Waals surface area (Å²) in [7, 11) is 0. The second-order valence-electron chi connectivity index (χ2n) is 2.25. The second-order valence-corrected chi connectivity index (χ2v) is 2.73. The van der Waals surface area contributed by atoms with Crippen molar-refractivity contribution in [1.29, 1.82) is 0 Å². The molecule has 0 nitrogen and oxygen atoms in total. The minimum absolute atomic E-state index is 1.03. The summed E-state index contributed by atoms with van der Waals surface area (Å²) in [6.45, 7) is 5.70. The van der Waals surface area contributed by atoms with Gasteiger partial charge in [-0.05, 0) is 24.1 Å². The van der Waals surface area contributed by atoms with Crippen LogP contribution in [0, 0.1) is 6.92 Å². The highest BCUT2D eigenvalue weighted by Crippen LogP contribution is 2.14. The van der Waals surface area contributed by atoms with E-state index in [4.69, 9.17) is 0 Å². The van der Waals surface area contributed by atoms with Gasteiger partial charge in [0.05, 0.1) is 0 Å². The van der Waals surface area contributed by atoms with Crippen LogP contribution in [0.1, 0.15) is 11.1 Å². The molecule has 0 fully saturated rings. The molecule has 0 N–H and O–H groups in total. The number of aryl methyl sites for hydroxylation is 1. The predicted octanol–water partition coefficient (Wildman–Crippen LogP) is 2.93. The molecule has 0 bridgehead atoms. The zero-order valence-corrected chi connectivity index (χ0v) is 6.86. The molecule has 0 unspecified atom stereocenters. The number of rotatable bonds is 1. The summed E-state index contributed by atoms with van der Waals surface area (Å²) in [5, 5.41) is 0. The summed E-state index contributed by atoms with van der Waals surface area (Å²) in [6.07, 6.45) is 1.82. The Morgan fingerprint density at radius 1 is 1.50 bits per heavy atom. The molecule has 0 aliphatic heterocycles. The maximum atomic E-state index is 4.27. The summed E-state index contributed by atoms with van der Waals surface area (Å²) >= 11 is 4.27. The zero-order chi connectivity index (χ0) is 7.56. The standard InChI is InChI=1S/C9H10S/c1-3-8-5-4-7(2)9(10)6-8/h3-6,10H,1H2,2H3. The molecule has 0 aliphatic rings. The highest BCUT2D eigenvalue weighted by atomic mass is 32.1. The Morgan fingerprint density at radius 2 is 2.20 bits per heavy atom. The molecular formula is C9H10S. The highest BCUT2D eigenvalue weighted by Gasteiger charge is 1.91. The van der Waals surface area contributed by atoms with E-state index >= 15 is 0 Å². The van der Waals surface area contributed by atoms with Gasteiger partial charge in [-0.25, -0.2) is 0 Å². The quantitative estimate of drug-likeness (QED) is 0.585. The molecule has 0 saturated heterocycles. The molecule has 0 atom stereocenters. The first kappa shape index (κ1) is 7.42. The van der Waals surface area contributed by atoms with Crippen molar-refractivity contribution in [1.82, 2.24) is 0 Å². The van der Waals surface area contributed by atoms with Gasteiger partial charge in [0.15, 0.2) is 0 Å². The van der Waals surface area contributed by atoms with E-state index in [1.807, 2.05) is 31.2 Å². The highest BCUT2D eigenvalue weighted by molar-refractivity contribution is 7.80. The average Bonchev–Trinajstić information content (AvgIpc) is 1.95. The van der Waals surface area contributed by atoms with E-state index in [9.17, 15) is 0 Å². The van der Waals surface area contributed by atoms with E-state index < -0.39 is 0 Å². The molecule has 0 saturated carbocycles. The third-order valence-electron chi connectivity index (χ3n) is 1.47. The summed E-state index contributed by atoms with van der Waals surface area (Å²) in [5.41, 5.74) is 2.32. The molecule has 0 radical (unpaired) electrons. The van der Waals surface area contributed by atoms with Gasteiger partial charge in [-0.2, -0.15) is 0 Å². The van der Waals surface area contributed by atoms with Crippen molar-refractivity contribution < 1.29 is 0 Å². The molecule has 10 heavy (non-hydrogen) atoms. The average molecular weight is 150 g/mol. The first-order chi connectivity index (χ1) is 4.74. The Hall–Kier alpha value is -0.690. The van der Waals surface area contributed by atoms with Crippen LogP contribution >= 0.6 is 12.6 Å². The Kier molecular flexibility index (Phi) is 2.17. The lowest BCUT2D eigenvalue weighted by Gasteiger charge is -1.98. The van der Waals surface area contributed by atoms with Crippen LogP contribution in [0.2, 0.25) is 0 Å². The van der Waals surface area contributed by atoms with Crippen LogP contribution in [0.4, 0.5) is 0 Å². The molecule has 0 aromatic heterocycles. The van der Waals surface area contributed by atoms with Crippen molar-refractivity contribution in [2.75, 3.05) is 0 Å². The number of thiol groups is 1. The molecule has 1 aromatic rings. The SMILES string of the molecule is C=Cc1ccc(C)c(S)c1. The molecule has 0 amide bonds. The molecule has 52 valence electrons. The smallest absolute Gasteiger partial charge is 0.00751 e. The number of benzene rings is 1. The van der Waals surface area contributed by atoms with Gasteiger partial charge in [0.2, 0.25) is 0 Å². The van der Waals surface area contributed by atoms with E-state index in [0.29, 0.717) is 0 Å². The van der Waals surface area contributed by atoms with Gasteiger partial charge in [-0.15, -0.1) is 12.6 Å². The van der Waals surface area contributed by atoms with Crippen molar-refractivity contribution in [3.8, 4) is 0 Å². The second kappa shape index (κ2) is 2.93. The summed E-state index contributed by atoms with van der Waals surface area (Å²) in [6, 6.07) is 6.08. The zero-order valence-electron chi connectivity index (χ0n) is 5.96. The fourth-order valence-electron chi connectivity index (χ4n) is 0.753. The lowest BCUT2D eigenvalue weighted by atomic mass is 10.1. The Morgan fingerprint density at radius 3 is 2.70 bits per heavy atom. The predicted molar refractivity (Wildman–Crippen MR) is 48.5 cm³/mol. The van der Waals surface area contributed by atoms with Crippen LogP contribution in [0.3, 0.4) is 0 Å². The van der Waals surface area contributed by atoms with Gasteiger partial charge in [0, 0.05) is 4.90 Å². The van der Waals surface area contributed by atoms with Crippen LogP contribution in [0.5, 0.6) is 0 Å². The van der Waals surface area contributed by atoms with Crippen LogP contribution in [-0.2, 0) is 0 Å². The molecule has 1 heteroatoms. The van der Waals surface area contributed by atoms with Crippen LogP contribution in [-0.4, -0.2) is 0 Å². The summed E-state index contributed by atoms with van der Waals surface area (Å²) < 4.78 is 0. The van der Waals surface area contributed by atoms with E-state index in [1.165, 1.54) is 5.56 Å². The minimum atomic E-state index is 1.03. The molecule has 1 aromatic carbocycles. The Balaban J connectivity index is 3.16. The van der Waals surface area contributed by atoms with Gasteiger partial charge < -0.3 is 0 Å². The maximum absolute atomic E-state index is 4.27. The maximum Gasteiger partial charge on any atom is 0.00751 e. The van der Waals surface area contributed by atoms with Gasteiger partial charge in [0.25, 0.3) is 0 Å². The minimum Gasteiger partial charge on any atom is -0.143 e. The topological polar surface area (TPSA) is 0 Å². The Labute approximate surface area is 67.0 Å². The molecule has 0 heterocycles. The van der Waals surface area contributed by atoms with Crippen LogP contribution in [0.15, 0.2) is 29.7 Å². The van der Waals surface area contributed by atoms with Crippen LogP contribution in [0.25, 0.3) is 6.08 Å². The van der Waals surface area contributed by atoms with E-state index in [-0.39, 0.29) is 0 Å². The van der Waals surface area contributed by atoms with E-state index in [0.717, 1.165) is 10.5 Å². The van der Waals surface area contributed by atoms with Gasteiger partial charge in [-0.1, -0.05) is 24.8 Å². The van der Waals surface area contributed by atoms with E-state index in [1.54, 1.807) is 0 Å². The molecule has 1 rings (SSSR count). The summed E-state index contributed by atoms with van der Waals surface area (Å²) in [4.78, 5) is 1.03. The lowest BCUT2D eigenvalue weighted by molar-refractivity contribution is 1.30. The van der Waals surface area contributed by atoms with Gasteiger partial charge in [-0.3, -0.25) is 0 Å². The van der Waals surface area contributed by atoms with Gasteiger partial charge in [0.1, 0.15) is 0 Å². The fraction of sp³-hybridized carbons (Fsp3) is 0.111. The first-order valence-corrected chi connectivity index (χ1v) is 3.61. The Bertz CT molecular complexity index is 251. The van der Waals surface area contributed by atoms with Crippen molar-refractivity contribution in [3.05, 3.63) is 35.9 Å². The molecular weight excluding hydrogens is 140 g/mol. The fourth-order valence-corrected chi connectivity index (χ4v) is 0.977. The van der Waals surface area contributed by atoms with Crippen molar-refractivity contribution in [3.63, 3.8) is 0 Å². The molecule has 0 aliphatic carbocycles. The monoisotopic (exact) mass is 150 g/mol. The van der Waals surface area contributed by atoms with Gasteiger partial charge >= 0.3 is 0 Å². The van der Waals surface area contributed by atoms with E-state index in [2.05, 4.69) is 19.2 Å². The van der Waals surface area contributed by atoms with Crippen molar-refractivity contribution >= 4 is 18.7 Å². The first-order valence-electron chi connectivity index (χ1n) is 3.16.